The number of anilines is 2. The van der Waals surface area contributed by atoms with E-state index < -0.39 is 16.7 Å². The maximum atomic E-state index is 12.1. The van der Waals surface area contributed by atoms with Gasteiger partial charge in [0.15, 0.2) is 0 Å². The van der Waals surface area contributed by atoms with E-state index in [-0.39, 0.29) is 11.4 Å². The summed E-state index contributed by atoms with van der Waals surface area (Å²) in [6.45, 7) is 0. The molecule has 3 rings (SSSR count). The fraction of sp³-hybridized carbons (Fsp3) is 0.0556. The first-order valence-electron chi connectivity index (χ1n) is 7.64. The fourth-order valence-electron chi connectivity index (χ4n) is 2.66. The largest absolute Gasteiger partial charge is 0.505 e. The topological polar surface area (TPSA) is 110 Å². The third kappa shape index (κ3) is 3.50. The van der Waals surface area contributed by atoms with Crippen molar-refractivity contribution in [3.63, 3.8) is 0 Å². The average molecular weight is 369 g/mol. The first-order chi connectivity index (χ1) is 12.5. The number of carbonyl (C=O) groups is 1. The Kier molecular flexibility index (Phi) is 4.85. The monoisotopic (exact) mass is 369 g/mol. The number of nitrogens with two attached hydrogens (primary N) is 1. The molecule has 0 spiro atoms. The zero-order valence-corrected chi connectivity index (χ0v) is 14.3. The smallest absolute Gasteiger partial charge is 0.324 e. The number of phenolic OH excluding ortho intramolecular Hbond substituents is 1. The Labute approximate surface area is 153 Å². The highest BCUT2D eigenvalue weighted by Gasteiger charge is 2.23. The number of nitro benzene ring substituents is 1. The van der Waals surface area contributed by atoms with Crippen molar-refractivity contribution in [3.8, 4) is 5.75 Å². The third-order valence-electron chi connectivity index (χ3n) is 3.81. The highest BCUT2D eigenvalue weighted by atomic mass is 32.1. The van der Waals surface area contributed by atoms with Crippen LogP contribution in [0, 0.1) is 10.1 Å². The molecule has 3 aromatic rings. The highest BCUT2D eigenvalue weighted by Crippen LogP contribution is 2.37. The summed E-state index contributed by atoms with van der Waals surface area (Å²) in [5, 5.41) is 23.0. The SMILES string of the molecule is NC(=O)N(c1ccc([N+](=O)[O-])cc1O)c1ccccc1Cc1cccs1. The van der Waals surface area contributed by atoms with Crippen LogP contribution in [0.1, 0.15) is 10.4 Å². The van der Waals surface area contributed by atoms with Crippen molar-refractivity contribution in [3.05, 3.63) is 80.5 Å². The van der Waals surface area contributed by atoms with Crippen molar-refractivity contribution in [1.29, 1.82) is 0 Å². The summed E-state index contributed by atoms with van der Waals surface area (Å²) in [6, 6.07) is 13.8. The number of rotatable bonds is 5. The van der Waals surface area contributed by atoms with Crippen molar-refractivity contribution in [1.82, 2.24) is 0 Å². The molecule has 0 atom stereocenters. The van der Waals surface area contributed by atoms with Gasteiger partial charge in [-0.1, -0.05) is 24.3 Å². The summed E-state index contributed by atoms with van der Waals surface area (Å²) in [6.07, 6.45) is 0.589. The third-order valence-corrected chi connectivity index (χ3v) is 4.68. The Hall–Kier alpha value is -3.39. The first-order valence-corrected chi connectivity index (χ1v) is 8.52. The minimum absolute atomic E-state index is 0.0849. The van der Waals surface area contributed by atoms with Crippen molar-refractivity contribution < 1.29 is 14.8 Å². The van der Waals surface area contributed by atoms with Gasteiger partial charge in [-0.05, 0) is 29.1 Å². The van der Waals surface area contributed by atoms with Crippen LogP contribution in [0.15, 0.2) is 60.0 Å². The van der Waals surface area contributed by atoms with E-state index in [1.54, 1.807) is 23.5 Å². The van der Waals surface area contributed by atoms with Crippen LogP contribution in [-0.2, 0) is 6.42 Å². The molecule has 26 heavy (non-hydrogen) atoms. The lowest BCUT2D eigenvalue weighted by Crippen LogP contribution is -2.32. The molecule has 0 saturated carbocycles. The number of hydrogen-bond acceptors (Lipinski definition) is 5. The van der Waals surface area contributed by atoms with Gasteiger partial charge in [-0.2, -0.15) is 0 Å². The van der Waals surface area contributed by atoms with E-state index in [2.05, 4.69) is 0 Å². The molecule has 0 aliphatic heterocycles. The number of aromatic hydroxyl groups is 1. The number of nitrogens with zero attached hydrogens (tertiary/aromatic N) is 2. The molecular weight excluding hydrogens is 354 g/mol. The standard InChI is InChI=1S/C18H15N3O4S/c19-18(23)20(16-8-7-13(21(24)25)11-17(16)22)15-6-2-1-4-12(15)10-14-5-3-9-26-14/h1-9,11,22H,10H2,(H2,19,23). The van der Waals surface area contributed by atoms with Crippen LogP contribution in [0.4, 0.5) is 21.9 Å². The first kappa shape index (κ1) is 17.4. The van der Waals surface area contributed by atoms with Crippen LogP contribution in [0.5, 0.6) is 5.75 Å². The van der Waals surface area contributed by atoms with E-state index in [9.17, 15) is 20.0 Å². The molecule has 1 heterocycles. The Morgan fingerprint density at radius 2 is 1.92 bits per heavy atom. The zero-order valence-electron chi connectivity index (χ0n) is 13.5. The maximum absolute atomic E-state index is 12.1. The second-order valence-corrected chi connectivity index (χ2v) is 6.52. The van der Waals surface area contributed by atoms with Crippen LogP contribution >= 0.6 is 11.3 Å². The van der Waals surface area contributed by atoms with Crippen molar-refractivity contribution >= 4 is 34.4 Å². The van der Waals surface area contributed by atoms with Gasteiger partial charge in [0, 0.05) is 17.4 Å². The molecule has 0 aliphatic rings. The summed E-state index contributed by atoms with van der Waals surface area (Å²) in [5.74, 6) is -0.399. The van der Waals surface area contributed by atoms with E-state index in [4.69, 9.17) is 5.73 Å². The Morgan fingerprint density at radius 3 is 2.54 bits per heavy atom. The lowest BCUT2D eigenvalue weighted by molar-refractivity contribution is -0.384. The minimum Gasteiger partial charge on any atom is -0.505 e. The van der Waals surface area contributed by atoms with Crippen molar-refractivity contribution in [2.75, 3.05) is 4.90 Å². The van der Waals surface area contributed by atoms with Crippen molar-refractivity contribution in [2.24, 2.45) is 5.73 Å². The number of non-ortho nitro benzene ring substituents is 1. The van der Waals surface area contributed by atoms with Crippen LogP contribution in [-0.4, -0.2) is 16.1 Å². The average Bonchev–Trinajstić information content (AvgIpc) is 3.10. The number of para-hydroxylation sites is 1. The maximum Gasteiger partial charge on any atom is 0.324 e. The fourth-order valence-corrected chi connectivity index (χ4v) is 3.39. The van der Waals surface area contributed by atoms with Gasteiger partial charge in [0.2, 0.25) is 0 Å². The number of nitro groups is 1. The molecule has 3 N–H and O–H groups in total. The van der Waals surface area contributed by atoms with E-state index in [1.165, 1.54) is 12.1 Å². The minimum atomic E-state index is -0.798. The Bertz CT molecular complexity index is 957. The van der Waals surface area contributed by atoms with Gasteiger partial charge in [-0.25, -0.2) is 4.79 Å². The summed E-state index contributed by atoms with van der Waals surface area (Å²) in [5.41, 5.74) is 6.71. The van der Waals surface area contributed by atoms with E-state index in [0.29, 0.717) is 12.1 Å². The van der Waals surface area contributed by atoms with Gasteiger partial charge in [0.05, 0.1) is 22.4 Å². The van der Waals surface area contributed by atoms with Gasteiger partial charge < -0.3 is 10.8 Å². The number of primary amides is 1. The Morgan fingerprint density at radius 1 is 1.15 bits per heavy atom. The summed E-state index contributed by atoms with van der Waals surface area (Å²) in [4.78, 5) is 24.6. The molecule has 8 heteroatoms. The van der Waals surface area contributed by atoms with Crippen molar-refractivity contribution in [2.45, 2.75) is 6.42 Å². The summed E-state index contributed by atoms with van der Waals surface area (Å²) < 4.78 is 0. The molecular formula is C18H15N3O4S. The number of urea groups is 1. The number of benzene rings is 2. The van der Waals surface area contributed by atoms with Gasteiger partial charge in [0.25, 0.3) is 5.69 Å². The number of hydrogen-bond donors (Lipinski definition) is 2. The molecule has 0 fully saturated rings. The predicted molar refractivity (Wildman–Crippen MR) is 100 cm³/mol. The summed E-state index contributed by atoms with van der Waals surface area (Å²) in [7, 11) is 0. The predicted octanol–water partition coefficient (Wildman–Crippen LogP) is 4.17. The zero-order chi connectivity index (χ0) is 18.7. The lowest BCUT2D eigenvalue weighted by atomic mass is 10.1. The van der Waals surface area contributed by atoms with E-state index >= 15 is 0 Å². The van der Waals surface area contributed by atoms with Gasteiger partial charge >= 0.3 is 6.03 Å². The molecule has 2 aromatic carbocycles. The number of phenols is 1. The van der Waals surface area contributed by atoms with Crippen LogP contribution < -0.4 is 10.6 Å². The van der Waals surface area contributed by atoms with E-state index in [0.717, 1.165) is 21.4 Å². The van der Waals surface area contributed by atoms with E-state index in [1.807, 2.05) is 29.6 Å². The molecule has 2 amide bonds. The summed E-state index contributed by atoms with van der Waals surface area (Å²) >= 11 is 1.59. The number of thiophene rings is 1. The molecule has 132 valence electrons. The van der Waals surface area contributed by atoms with Gasteiger partial charge in [-0.15, -0.1) is 11.3 Å². The number of amides is 2. The normalized spacial score (nSPS) is 10.5. The highest BCUT2D eigenvalue weighted by molar-refractivity contribution is 7.09. The van der Waals surface area contributed by atoms with Crippen LogP contribution in [0.25, 0.3) is 0 Å². The van der Waals surface area contributed by atoms with Gasteiger partial charge in [-0.3, -0.25) is 15.0 Å². The van der Waals surface area contributed by atoms with Crippen LogP contribution in [0.3, 0.4) is 0 Å². The second kappa shape index (κ2) is 7.24. The Balaban J connectivity index is 2.07. The second-order valence-electron chi connectivity index (χ2n) is 5.49. The molecule has 1 aromatic heterocycles. The quantitative estimate of drug-likeness (QED) is 0.519. The lowest BCUT2D eigenvalue weighted by Gasteiger charge is -2.24. The molecule has 7 nitrogen and oxygen atoms in total. The molecule has 0 bridgehead atoms. The van der Waals surface area contributed by atoms with Crippen LogP contribution in [0.2, 0.25) is 0 Å². The molecule has 0 radical (unpaired) electrons. The molecule has 0 aliphatic carbocycles. The molecule has 0 saturated heterocycles. The number of carbonyl (C=O) groups excluding carboxylic acids is 1. The molecule has 0 unspecified atom stereocenters. The van der Waals surface area contributed by atoms with Gasteiger partial charge in [0.1, 0.15) is 5.75 Å².